The lowest BCUT2D eigenvalue weighted by molar-refractivity contribution is 1.03. The highest BCUT2D eigenvalue weighted by molar-refractivity contribution is 5.53. The molecule has 0 aliphatic carbocycles. The van der Waals surface area contributed by atoms with Crippen LogP contribution in [0.4, 0.5) is 5.69 Å². The summed E-state index contributed by atoms with van der Waals surface area (Å²) in [6.07, 6.45) is 5.30. The van der Waals surface area contributed by atoms with Gasteiger partial charge in [-0.15, -0.1) is 6.42 Å². The smallest absolute Gasteiger partial charge is 0.0845 e. The maximum atomic E-state index is 5.30. The Balaban J connectivity index is 2.88. The number of hydrogen-bond acceptors (Lipinski definition) is 1. The van der Waals surface area contributed by atoms with Crippen LogP contribution in [0.3, 0.4) is 0 Å². The van der Waals surface area contributed by atoms with Gasteiger partial charge in [0, 0.05) is 5.69 Å². The number of rotatable bonds is 2. The van der Waals surface area contributed by atoms with Gasteiger partial charge in [-0.1, -0.05) is 18.1 Å². The first-order valence-corrected chi connectivity index (χ1v) is 4.43. The van der Waals surface area contributed by atoms with Crippen LogP contribution in [0.5, 0.6) is 0 Å². The van der Waals surface area contributed by atoms with Crippen molar-refractivity contribution in [3.05, 3.63) is 29.3 Å². The second-order valence-corrected chi connectivity index (χ2v) is 3.35. The summed E-state index contributed by atoms with van der Waals surface area (Å²) in [4.78, 5) is 0. The first kappa shape index (κ1) is 9.67. The first-order valence-electron chi connectivity index (χ1n) is 4.43. The Morgan fingerprint density at radius 2 is 2.08 bits per heavy atom. The minimum absolute atomic E-state index is 0.0838. The predicted octanol–water partition coefficient (Wildman–Crippen LogP) is 2.74. The lowest BCUT2D eigenvalue weighted by Gasteiger charge is -2.12. The molecule has 0 radical (unpaired) electrons. The van der Waals surface area contributed by atoms with E-state index >= 15 is 0 Å². The average Bonchev–Trinajstić information content (AvgIpc) is 2.11. The SMILES string of the molecule is C#CC(C)Nc1cc(C)ccc1C. The van der Waals surface area contributed by atoms with Crippen LogP contribution in [0.25, 0.3) is 0 Å². The van der Waals surface area contributed by atoms with Crippen LogP contribution in [0.2, 0.25) is 0 Å². The fourth-order valence-electron chi connectivity index (χ4n) is 1.17. The Hall–Kier alpha value is -1.42. The quantitative estimate of drug-likeness (QED) is 0.678. The average molecular weight is 173 g/mol. The summed E-state index contributed by atoms with van der Waals surface area (Å²) in [6, 6.07) is 6.39. The van der Waals surface area contributed by atoms with E-state index in [2.05, 4.69) is 43.3 Å². The summed E-state index contributed by atoms with van der Waals surface area (Å²) in [5, 5.41) is 3.26. The molecule has 0 saturated heterocycles. The van der Waals surface area contributed by atoms with Crippen molar-refractivity contribution >= 4 is 5.69 Å². The molecule has 0 saturated carbocycles. The second kappa shape index (κ2) is 4.00. The molecule has 0 bridgehead atoms. The fourth-order valence-corrected chi connectivity index (χ4v) is 1.17. The van der Waals surface area contributed by atoms with E-state index in [1.54, 1.807) is 0 Å². The van der Waals surface area contributed by atoms with E-state index in [-0.39, 0.29) is 6.04 Å². The molecular formula is C12H15N. The van der Waals surface area contributed by atoms with Gasteiger partial charge in [0.1, 0.15) is 0 Å². The van der Waals surface area contributed by atoms with E-state index in [9.17, 15) is 0 Å². The molecule has 13 heavy (non-hydrogen) atoms. The van der Waals surface area contributed by atoms with Crippen molar-refractivity contribution in [2.75, 3.05) is 5.32 Å². The van der Waals surface area contributed by atoms with Crippen molar-refractivity contribution in [2.45, 2.75) is 26.8 Å². The Labute approximate surface area is 80.2 Å². The lowest BCUT2D eigenvalue weighted by atomic mass is 10.1. The molecule has 0 aromatic heterocycles. The van der Waals surface area contributed by atoms with Crippen molar-refractivity contribution in [3.8, 4) is 12.3 Å². The van der Waals surface area contributed by atoms with Gasteiger partial charge in [-0.05, 0) is 38.0 Å². The molecule has 0 aliphatic rings. The number of hydrogen-bond donors (Lipinski definition) is 1. The molecular weight excluding hydrogens is 158 g/mol. The Kier molecular flexibility index (Phi) is 2.97. The molecule has 68 valence electrons. The van der Waals surface area contributed by atoms with Crippen LogP contribution in [-0.4, -0.2) is 6.04 Å². The summed E-state index contributed by atoms with van der Waals surface area (Å²) in [6.45, 7) is 6.12. The molecule has 0 heterocycles. The zero-order valence-corrected chi connectivity index (χ0v) is 8.39. The van der Waals surface area contributed by atoms with Gasteiger partial charge in [0.15, 0.2) is 0 Å². The van der Waals surface area contributed by atoms with Gasteiger partial charge in [-0.3, -0.25) is 0 Å². The van der Waals surface area contributed by atoms with E-state index in [0.717, 1.165) is 5.69 Å². The Morgan fingerprint density at radius 3 is 2.69 bits per heavy atom. The van der Waals surface area contributed by atoms with E-state index < -0.39 is 0 Å². The molecule has 1 unspecified atom stereocenters. The summed E-state index contributed by atoms with van der Waals surface area (Å²) in [7, 11) is 0. The maximum absolute atomic E-state index is 5.30. The van der Waals surface area contributed by atoms with Gasteiger partial charge >= 0.3 is 0 Å². The highest BCUT2D eigenvalue weighted by Crippen LogP contribution is 2.16. The minimum Gasteiger partial charge on any atom is -0.372 e. The molecule has 1 aromatic rings. The van der Waals surface area contributed by atoms with Crippen molar-refractivity contribution in [3.63, 3.8) is 0 Å². The van der Waals surface area contributed by atoms with Gasteiger partial charge in [-0.2, -0.15) is 0 Å². The van der Waals surface area contributed by atoms with E-state index in [1.807, 2.05) is 6.92 Å². The van der Waals surface area contributed by atoms with Crippen molar-refractivity contribution < 1.29 is 0 Å². The summed E-state index contributed by atoms with van der Waals surface area (Å²) < 4.78 is 0. The molecule has 1 atom stereocenters. The highest BCUT2D eigenvalue weighted by Gasteiger charge is 2.00. The largest absolute Gasteiger partial charge is 0.372 e. The van der Waals surface area contributed by atoms with Gasteiger partial charge in [0.2, 0.25) is 0 Å². The van der Waals surface area contributed by atoms with Crippen LogP contribution in [0.1, 0.15) is 18.1 Å². The lowest BCUT2D eigenvalue weighted by Crippen LogP contribution is -2.12. The van der Waals surface area contributed by atoms with Crippen molar-refractivity contribution in [1.29, 1.82) is 0 Å². The van der Waals surface area contributed by atoms with Crippen LogP contribution < -0.4 is 5.32 Å². The highest BCUT2D eigenvalue weighted by atomic mass is 14.9. The fraction of sp³-hybridized carbons (Fsp3) is 0.333. The van der Waals surface area contributed by atoms with Gasteiger partial charge in [0.05, 0.1) is 6.04 Å². The molecule has 0 fully saturated rings. The Bertz CT molecular complexity index is 333. The number of nitrogens with one attached hydrogen (secondary N) is 1. The molecule has 1 rings (SSSR count). The molecule has 0 amide bonds. The van der Waals surface area contributed by atoms with Crippen LogP contribution in [0, 0.1) is 26.2 Å². The van der Waals surface area contributed by atoms with Crippen LogP contribution >= 0.6 is 0 Å². The zero-order valence-electron chi connectivity index (χ0n) is 8.39. The molecule has 1 N–H and O–H groups in total. The third-order valence-electron chi connectivity index (χ3n) is 2.02. The normalized spacial score (nSPS) is 11.8. The zero-order chi connectivity index (χ0) is 9.84. The van der Waals surface area contributed by atoms with Gasteiger partial charge < -0.3 is 5.32 Å². The van der Waals surface area contributed by atoms with Crippen LogP contribution in [-0.2, 0) is 0 Å². The number of anilines is 1. The molecule has 0 spiro atoms. The number of terminal acetylenes is 1. The summed E-state index contributed by atoms with van der Waals surface area (Å²) in [5.41, 5.74) is 3.61. The number of benzene rings is 1. The molecule has 1 heteroatoms. The predicted molar refractivity (Wildman–Crippen MR) is 57.8 cm³/mol. The second-order valence-electron chi connectivity index (χ2n) is 3.35. The monoisotopic (exact) mass is 173 g/mol. The molecule has 1 nitrogen and oxygen atoms in total. The van der Waals surface area contributed by atoms with Gasteiger partial charge in [0.25, 0.3) is 0 Å². The summed E-state index contributed by atoms with van der Waals surface area (Å²) in [5.74, 6) is 2.65. The van der Waals surface area contributed by atoms with Crippen molar-refractivity contribution in [2.24, 2.45) is 0 Å². The number of aryl methyl sites for hydroxylation is 2. The molecule has 1 aromatic carbocycles. The first-order chi connectivity index (χ1) is 6.13. The standard InChI is InChI=1S/C12H15N/c1-5-11(4)13-12-8-9(2)6-7-10(12)3/h1,6-8,11,13H,2-4H3. The van der Waals surface area contributed by atoms with E-state index in [1.165, 1.54) is 11.1 Å². The van der Waals surface area contributed by atoms with Crippen molar-refractivity contribution in [1.82, 2.24) is 0 Å². The minimum atomic E-state index is 0.0838. The Morgan fingerprint density at radius 1 is 1.38 bits per heavy atom. The van der Waals surface area contributed by atoms with E-state index in [4.69, 9.17) is 6.42 Å². The summed E-state index contributed by atoms with van der Waals surface area (Å²) >= 11 is 0. The van der Waals surface area contributed by atoms with Crippen LogP contribution in [0.15, 0.2) is 18.2 Å². The molecule has 0 aliphatic heterocycles. The topological polar surface area (TPSA) is 12.0 Å². The third kappa shape index (κ3) is 2.52. The maximum Gasteiger partial charge on any atom is 0.0845 e. The third-order valence-corrected chi connectivity index (χ3v) is 2.02. The van der Waals surface area contributed by atoms with E-state index in [0.29, 0.717) is 0 Å². The van der Waals surface area contributed by atoms with Gasteiger partial charge in [-0.25, -0.2) is 0 Å².